The van der Waals surface area contributed by atoms with Crippen LogP contribution in [0, 0.1) is 12.7 Å². The molecule has 0 bridgehead atoms. The third kappa shape index (κ3) is 5.30. The first-order valence-electron chi connectivity index (χ1n) is 9.62. The number of thiophene rings is 1. The summed E-state index contributed by atoms with van der Waals surface area (Å²) in [6.07, 6.45) is 3.13. The topological polar surface area (TPSA) is 56.1 Å². The van der Waals surface area contributed by atoms with Crippen LogP contribution in [0.4, 0.5) is 10.1 Å². The van der Waals surface area contributed by atoms with Crippen molar-refractivity contribution in [2.75, 3.05) is 5.32 Å². The van der Waals surface area contributed by atoms with Gasteiger partial charge in [0.2, 0.25) is 0 Å². The number of ether oxygens (including phenoxy) is 1. The number of hydrogen-bond donors (Lipinski definition) is 1. The number of benzene rings is 2. The number of nitrogens with one attached hydrogen (secondary N) is 1. The van der Waals surface area contributed by atoms with E-state index in [1.165, 1.54) is 28.3 Å². The largest absolute Gasteiger partial charge is 0.489 e. The molecule has 0 atom stereocenters. The minimum atomic E-state index is -0.402. The van der Waals surface area contributed by atoms with Crippen LogP contribution in [0.5, 0.6) is 5.75 Å². The van der Waals surface area contributed by atoms with Crippen LogP contribution in [-0.4, -0.2) is 15.7 Å². The number of amides is 1. The molecule has 1 amide bonds. The SMILES string of the molecule is Cc1cc(OCc2csc(C(=O)Nc3cnn(Cc4c(F)cccc4Cl)c3)c2)ccc1Cl. The second kappa shape index (κ2) is 9.73. The van der Waals surface area contributed by atoms with Gasteiger partial charge in [0.05, 0.1) is 23.3 Å². The van der Waals surface area contributed by atoms with E-state index in [1.807, 2.05) is 24.4 Å². The number of anilines is 1. The van der Waals surface area contributed by atoms with Crippen LogP contribution in [0.25, 0.3) is 0 Å². The Kier molecular flexibility index (Phi) is 6.79. The predicted octanol–water partition coefficient (Wildman–Crippen LogP) is 6.58. The maximum Gasteiger partial charge on any atom is 0.265 e. The van der Waals surface area contributed by atoms with Gasteiger partial charge < -0.3 is 10.1 Å². The van der Waals surface area contributed by atoms with Crippen molar-refractivity contribution in [2.24, 2.45) is 0 Å². The normalized spacial score (nSPS) is 10.9. The number of nitrogens with zero attached hydrogens (tertiary/aromatic N) is 2. The van der Waals surface area contributed by atoms with Gasteiger partial charge >= 0.3 is 0 Å². The van der Waals surface area contributed by atoms with Crippen LogP contribution >= 0.6 is 34.5 Å². The van der Waals surface area contributed by atoms with Crippen LogP contribution in [0.2, 0.25) is 10.0 Å². The van der Waals surface area contributed by atoms with Crippen molar-refractivity contribution in [2.45, 2.75) is 20.1 Å². The highest BCUT2D eigenvalue weighted by Crippen LogP contribution is 2.24. The Morgan fingerprint density at radius 2 is 2.06 bits per heavy atom. The van der Waals surface area contributed by atoms with Gasteiger partial charge in [0.15, 0.2) is 0 Å². The Labute approximate surface area is 198 Å². The number of carbonyl (C=O) groups excluding carboxylic acids is 1. The highest BCUT2D eigenvalue weighted by atomic mass is 35.5. The molecule has 4 aromatic rings. The number of aryl methyl sites for hydroxylation is 1. The number of rotatable bonds is 7. The summed E-state index contributed by atoms with van der Waals surface area (Å²) in [4.78, 5) is 13.1. The molecule has 32 heavy (non-hydrogen) atoms. The monoisotopic (exact) mass is 489 g/mol. The molecule has 2 aromatic carbocycles. The molecule has 4 rings (SSSR count). The van der Waals surface area contributed by atoms with Gasteiger partial charge in [0.25, 0.3) is 5.91 Å². The van der Waals surface area contributed by atoms with Gasteiger partial charge in [-0.2, -0.15) is 5.10 Å². The van der Waals surface area contributed by atoms with Crippen LogP contribution in [-0.2, 0) is 13.2 Å². The van der Waals surface area contributed by atoms with Gasteiger partial charge in [-0.15, -0.1) is 11.3 Å². The molecule has 0 saturated heterocycles. The van der Waals surface area contributed by atoms with Gasteiger partial charge in [0, 0.05) is 27.4 Å². The summed E-state index contributed by atoms with van der Waals surface area (Å²) < 4.78 is 21.3. The van der Waals surface area contributed by atoms with E-state index in [2.05, 4.69) is 10.4 Å². The van der Waals surface area contributed by atoms with E-state index in [1.54, 1.807) is 30.5 Å². The van der Waals surface area contributed by atoms with Gasteiger partial charge in [0.1, 0.15) is 18.2 Å². The van der Waals surface area contributed by atoms with E-state index in [9.17, 15) is 9.18 Å². The minimum absolute atomic E-state index is 0.159. The molecule has 0 aliphatic carbocycles. The van der Waals surface area contributed by atoms with E-state index in [0.717, 1.165) is 11.1 Å². The Morgan fingerprint density at radius 3 is 2.84 bits per heavy atom. The molecule has 164 valence electrons. The van der Waals surface area contributed by atoms with Crippen molar-refractivity contribution in [1.29, 1.82) is 0 Å². The van der Waals surface area contributed by atoms with E-state index in [-0.39, 0.29) is 12.5 Å². The highest BCUT2D eigenvalue weighted by molar-refractivity contribution is 7.12. The van der Waals surface area contributed by atoms with Crippen molar-refractivity contribution in [3.05, 3.63) is 97.7 Å². The molecule has 0 radical (unpaired) electrons. The quantitative estimate of drug-likeness (QED) is 0.319. The first-order valence-corrected chi connectivity index (χ1v) is 11.3. The molecule has 5 nitrogen and oxygen atoms in total. The van der Waals surface area contributed by atoms with Gasteiger partial charge in [-0.05, 0) is 54.3 Å². The Hall–Kier alpha value is -2.87. The summed E-state index contributed by atoms with van der Waals surface area (Å²) in [5.41, 5.74) is 2.67. The zero-order valence-electron chi connectivity index (χ0n) is 16.9. The molecule has 2 heterocycles. The average Bonchev–Trinajstić information content (AvgIpc) is 3.41. The lowest BCUT2D eigenvalue weighted by molar-refractivity contribution is 0.103. The van der Waals surface area contributed by atoms with Crippen LogP contribution in [0.3, 0.4) is 0 Å². The van der Waals surface area contributed by atoms with Crippen molar-refractivity contribution in [1.82, 2.24) is 9.78 Å². The zero-order chi connectivity index (χ0) is 22.7. The summed E-state index contributed by atoms with van der Waals surface area (Å²) in [5, 5.41) is 9.86. The molecule has 0 saturated carbocycles. The average molecular weight is 490 g/mol. The Bertz CT molecular complexity index is 1250. The summed E-state index contributed by atoms with van der Waals surface area (Å²) in [5.74, 6) is 0.0548. The Balaban J connectivity index is 1.35. The molecule has 2 aromatic heterocycles. The summed E-state index contributed by atoms with van der Waals surface area (Å²) >= 11 is 13.4. The molecule has 1 N–H and O–H groups in total. The molecule has 0 spiro atoms. The van der Waals surface area contributed by atoms with Crippen LogP contribution in [0.15, 0.2) is 60.2 Å². The summed E-state index contributed by atoms with van der Waals surface area (Å²) in [7, 11) is 0. The molecule has 0 unspecified atom stereocenters. The summed E-state index contributed by atoms with van der Waals surface area (Å²) in [6.45, 7) is 2.41. The second-order valence-electron chi connectivity index (χ2n) is 7.10. The number of halogens is 3. The van der Waals surface area contributed by atoms with Crippen molar-refractivity contribution >= 4 is 46.1 Å². The van der Waals surface area contributed by atoms with Crippen molar-refractivity contribution < 1.29 is 13.9 Å². The third-order valence-corrected chi connectivity index (χ3v) is 6.44. The van der Waals surface area contributed by atoms with Crippen molar-refractivity contribution in [3.63, 3.8) is 0 Å². The highest BCUT2D eigenvalue weighted by Gasteiger charge is 2.13. The molecule has 9 heteroatoms. The number of aromatic nitrogens is 2. The van der Waals surface area contributed by atoms with Gasteiger partial charge in [-0.1, -0.05) is 29.3 Å². The van der Waals surface area contributed by atoms with Gasteiger partial charge in [-0.25, -0.2) is 4.39 Å². The smallest absolute Gasteiger partial charge is 0.265 e. The van der Waals surface area contributed by atoms with E-state index < -0.39 is 5.82 Å². The van der Waals surface area contributed by atoms with Crippen LogP contribution in [0.1, 0.15) is 26.4 Å². The van der Waals surface area contributed by atoms with E-state index in [0.29, 0.717) is 38.5 Å². The van der Waals surface area contributed by atoms with E-state index >= 15 is 0 Å². The minimum Gasteiger partial charge on any atom is -0.489 e. The lowest BCUT2D eigenvalue weighted by Crippen LogP contribution is -2.09. The van der Waals surface area contributed by atoms with Crippen molar-refractivity contribution in [3.8, 4) is 5.75 Å². The summed E-state index contributed by atoms with van der Waals surface area (Å²) in [6, 6.07) is 11.8. The standard InChI is InChI=1S/C23H18Cl2FN3O2S/c1-14-7-17(5-6-19(14)24)31-12-15-8-22(32-13-15)23(30)28-16-9-27-29(10-16)11-18-20(25)3-2-4-21(18)26/h2-10,13H,11-12H2,1H3,(H,28,30). The molecule has 0 aliphatic rings. The Morgan fingerprint density at radius 1 is 1.22 bits per heavy atom. The molecule has 0 aliphatic heterocycles. The maximum atomic E-state index is 14.0. The lowest BCUT2D eigenvalue weighted by atomic mass is 10.2. The third-order valence-electron chi connectivity index (χ3n) is 4.69. The fraction of sp³-hybridized carbons (Fsp3) is 0.130. The maximum absolute atomic E-state index is 14.0. The van der Waals surface area contributed by atoms with Gasteiger partial charge in [-0.3, -0.25) is 9.48 Å². The lowest BCUT2D eigenvalue weighted by Gasteiger charge is -2.06. The van der Waals surface area contributed by atoms with E-state index in [4.69, 9.17) is 27.9 Å². The molecular formula is C23H18Cl2FN3O2S. The molecular weight excluding hydrogens is 472 g/mol. The number of carbonyl (C=O) groups is 1. The fourth-order valence-electron chi connectivity index (χ4n) is 3.00. The van der Waals surface area contributed by atoms with Crippen LogP contribution < -0.4 is 10.1 Å². The first-order chi connectivity index (χ1) is 15.4. The second-order valence-corrected chi connectivity index (χ2v) is 8.83. The first kappa shape index (κ1) is 22.3. The number of hydrogen-bond acceptors (Lipinski definition) is 4. The predicted molar refractivity (Wildman–Crippen MR) is 126 cm³/mol. The molecule has 0 fully saturated rings. The zero-order valence-corrected chi connectivity index (χ0v) is 19.3. The fourth-order valence-corrected chi connectivity index (χ4v) is 4.13.